The van der Waals surface area contributed by atoms with Crippen molar-refractivity contribution in [3.05, 3.63) is 89.0 Å². The highest BCUT2D eigenvalue weighted by atomic mass is 16.5. The number of carbonyl (C=O) groups is 3. The van der Waals surface area contributed by atoms with Crippen LogP contribution >= 0.6 is 0 Å². The minimum Gasteiger partial charge on any atom is -0.478 e. The van der Waals surface area contributed by atoms with Crippen LogP contribution in [-0.2, 0) is 20.7 Å². The van der Waals surface area contributed by atoms with Gasteiger partial charge in [-0.25, -0.2) is 4.79 Å². The van der Waals surface area contributed by atoms with E-state index in [2.05, 4.69) is 10.2 Å². The largest absolute Gasteiger partial charge is 0.478 e. The molecular weight excluding hydrogens is 508 g/mol. The van der Waals surface area contributed by atoms with E-state index in [-0.39, 0.29) is 17.4 Å². The average Bonchev–Trinajstić information content (AvgIpc) is 3.55. The van der Waals surface area contributed by atoms with Crippen LogP contribution in [0.15, 0.2) is 71.7 Å². The van der Waals surface area contributed by atoms with Gasteiger partial charge < -0.3 is 20.1 Å². The van der Waals surface area contributed by atoms with Crippen molar-refractivity contribution in [3.8, 4) is 0 Å². The van der Waals surface area contributed by atoms with Gasteiger partial charge in [0.1, 0.15) is 5.92 Å². The van der Waals surface area contributed by atoms with Gasteiger partial charge in [0.2, 0.25) is 11.8 Å². The number of carbonyl (C=O) groups excluding carboxylic acids is 2. The summed E-state index contributed by atoms with van der Waals surface area (Å²) in [6.07, 6.45) is 1.21. The minimum atomic E-state index is -1.05. The van der Waals surface area contributed by atoms with Gasteiger partial charge in [-0.3, -0.25) is 19.5 Å². The summed E-state index contributed by atoms with van der Waals surface area (Å²) in [4.78, 5) is 46.8. The second-order valence-electron chi connectivity index (χ2n) is 10.2. The number of fused-ring (bicyclic) bond motifs is 2. The lowest BCUT2D eigenvalue weighted by molar-refractivity contribution is -0.119. The lowest BCUT2D eigenvalue weighted by atomic mass is 9.90. The Hall–Kier alpha value is -4.34. The van der Waals surface area contributed by atoms with Crippen LogP contribution in [0.4, 0.5) is 17.1 Å². The fourth-order valence-electron chi connectivity index (χ4n) is 5.64. The monoisotopic (exact) mass is 538 g/mol. The highest BCUT2D eigenvalue weighted by Gasteiger charge is 2.36. The molecule has 3 aliphatic heterocycles. The van der Waals surface area contributed by atoms with E-state index >= 15 is 0 Å². The molecule has 1 unspecified atom stereocenters. The number of amides is 2. The maximum Gasteiger partial charge on any atom is 0.335 e. The number of morpholine rings is 1. The van der Waals surface area contributed by atoms with Gasteiger partial charge in [-0.05, 0) is 53.4 Å². The molecule has 0 aliphatic carbocycles. The molecule has 1 atom stereocenters. The van der Waals surface area contributed by atoms with E-state index in [9.17, 15) is 19.5 Å². The van der Waals surface area contributed by atoms with E-state index < -0.39 is 11.9 Å². The van der Waals surface area contributed by atoms with Crippen molar-refractivity contribution in [2.45, 2.75) is 18.8 Å². The fourth-order valence-corrected chi connectivity index (χ4v) is 5.64. The number of carboxylic acids is 1. The van der Waals surface area contributed by atoms with Crippen LogP contribution in [-0.4, -0.2) is 72.9 Å². The van der Waals surface area contributed by atoms with Gasteiger partial charge in [0.15, 0.2) is 0 Å². The highest BCUT2D eigenvalue weighted by Crippen LogP contribution is 2.38. The maximum atomic E-state index is 13.2. The molecule has 0 aromatic heterocycles. The van der Waals surface area contributed by atoms with Gasteiger partial charge in [-0.15, -0.1) is 0 Å². The van der Waals surface area contributed by atoms with Crippen molar-refractivity contribution in [1.29, 1.82) is 0 Å². The molecule has 1 saturated heterocycles. The summed E-state index contributed by atoms with van der Waals surface area (Å²) in [7, 11) is 0. The summed E-state index contributed by atoms with van der Waals surface area (Å²) in [5.41, 5.74) is 5.33. The van der Waals surface area contributed by atoms with E-state index in [1.807, 2.05) is 53.4 Å². The molecule has 6 rings (SSSR count). The second-order valence-corrected chi connectivity index (χ2v) is 10.2. The predicted molar refractivity (Wildman–Crippen MR) is 152 cm³/mol. The third kappa shape index (κ3) is 5.13. The summed E-state index contributed by atoms with van der Waals surface area (Å²) >= 11 is 0. The van der Waals surface area contributed by atoms with Gasteiger partial charge in [0, 0.05) is 44.0 Å². The average molecular weight is 539 g/mol. The third-order valence-corrected chi connectivity index (χ3v) is 7.73. The first-order valence-electron chi connectivity index (χ1n) is 13.5. The number of hydrogen-bond donors (Lipinski definition) is 2. The molecule has 9 heteroatoms. The number of aromatic carboxylic acids is 1. The Morgan fingerprint density at radius 2 is 1.77 bits per heavy atom. The van der Waals surface area contributed by atoms with Crippen LogP contribution < -0.4 is 10.2 Å². The van der Waals surface area contributed by atoms with E-state index in [0.29, 0.717) is 48.8 Å². The summed E-state index contributed by atoms with van der Waals surface area (Å²) in [5.74, 6) is -1.87. The number of carboxylic acid groups (broad SMARTS) is 1. The van der Waals surface area contributed by atoms with Gasteiger partial charge in [0.25, 0.3) is 0 Å². The van der Waals surface area contributed by atoms with Gasteiger partial charge >= 0.3 is 5.97 Å². The molecule has 2 amide bonds. The minimum absolute atomic E-state index is 0.112. The van der Waals surface area contributed by atoms with Crippen molar-refractivity contribution in [1.82, 2.24) is 4.90 Å². The SMILES string of the molecule is O=C(O)c1ccc2c(c1)NC(=O)C2C(=Nc1ccc2c(c1)CCN2C(=O)CCN1CCOCC1)c1ccccc1. The van der Waals surface area contributed by atoms with Gasteiger partial charge in [0.05, 0.1) is 30.2 Å². The number of nitrogens with one attached hydrogen (secondary N) is 1. The highest BCUT2D eigenvalue weighted by molar-refractivity contribution is 6.24. The molecule has 1 fully saturated rings. The molecule has 2 N–H and O–H groups in total. The first-order valence-corrected chi connectivity index (χ1v) is 13.5. The molecule has 204 valence electrons. The molecule has 0 saturated carbocycles. The first kappa shape index (κ1) is 25.9. The Labute approximate surface area is 232 Å². The number of rotatable bonds is 7. The number of hydrogen-bond acceptors (Lipinski definition) is 6. The third-order valence-electron chi connectivity index (χ3n) is 7.73. The molecule has 0 radical (unpaired) electrons. The lowest BCUT2D eigenvalue weighted by Crippen LogP contribution is -2.39. The maximum absolute atomic E-state index is 13.2. The Morgan fingerprint density at radius 3 is 2.55 bits per heavy atom. The van der Waals surface area contributed by atoms with Crippen molar-refractivity contribution in [2.24, 2.45) is 4.99 Å². The number of anilines is 2. The van der Waals surface area contributed by atoms with E-state index in [1.165, 1.54) is 12.1 Å². The molecule has 40 heavy (non-hydrogen) atoms. The number of aliphatic imine (C=N–C) groups is 1. The van der Waals surface area contributed by atoms with Crippen molar-refractivity contribution in [2.75, 3.05) is 49.6 Å². The second kappa shape index (κ2) is 11.0. The molecule has 3 aromatic carbocycles. The molecule has 0 bridgehead atoms. The number of benzene rings is 3. The summed E-state index contributed by atoms with van der Waals surface area (Å²) < 4.78 is 5.40. The normalized spacial score (nSPS) is 18.8. The van der Waals surface area contributed by atoms with Crippen molar-refractivity contribution >= 4 is 40.6 Å². The van der Waals surface area contributed by atoms with Crippen LogP contribution in [0, 0.1) is 0 Å². The summed E-state index contributed by atoms with van der Waals surface area (Å²) in [5, 5.41) is 12.2. The van der Waals surface area contributed by atoms with Gasteiger partial charge in [-0.2, -0.15) is 0 Å². The quantitative estimate of drug-likeness (QED) is 0.442. The van der Waals surface area contributed by atoms with Crippen molar-refractivity contribution in [3.63, 3.8) is 0 Å². The first-order chi connectivity index (χ1) is 19.5. The summed E-state index contributed by atoms with van der Waals surface area (Å²) in [6.45, 7) is 4.52. The van der Waals surface area contributed by atoms with Crippen LogP contribution in [0.1, 0.15) is 39.4 Å². The summed E-state index contributed by atoms with van der Waals surface area (Å²) in [6, 6.07) is 20.0. The number of ether oxygens (including phenoxy) is 1. The molecule has 0 spiro atoms. The zero-order valence-electron chi connectivity index (χ0n) is 22.0. The van der Waals surface area contributed by atoms with Crippen LogP contribution in [0.25, 0.3) is 0 Å². The topological polar surface area (TPSA) is 112 Å². The molecule has 3 aromatic rings. The Kier molecular flexibility index (Phi) is 7.15. The Bertz CT molecular complexity index is 1500. The van der Waals surface area contributed by atoms with Crippen LogP contribution in [0.3, 0.4) is 0 Å². The van der Waals surface area contributed by atoms with Gasteiger partial charge in [-0.1, -0.05) is 36.4 Å². The van der Waals surface area contributed by atoms with E-state index in [4.69, 9.17) is 9.73 Å². The molecule has 3 heterocycles. The smallest absolute Gasteiger partial charge is 0.335 e. The van der Waals surface area contributed by atoms with Crippen molar-refractivity contribution < 1.29 is 24.2 Å². The Morgan fingerprint density at radius 1 is 0.975 bits per heavy atom. The van der Waals surface area contributed by atoms with E-state index in [0.717, 1.165) is 42.9 Å². The van der Waals surface area contributed by atoms with Crippen LogP contribution in [0.2, 0.25) is 0 Å². The molecule has 9 nitrogen and oxygen atoms in total. The zero-order valence-corrected chi connectivity index (χ0v) is 22.0. The Balaban J connectivity index is 1.28. The lowest BCUT2D eigenvalue weighted by Gasteiger charge is -2.27. The van der Waals surface area contributed by atoms with E-state index in [1.54, 1.807) is 6.07 Å². The molecular formula is C31H30N4O5. The zero-order chi connectivity index (χ0) is 27.6. The molecule has 3 aliphatic rings. The number of nitrogens with zero attached hydrogens (tertiary/aromatic N) is 3. The van der Waals surface area contributed by atoms with Crippen LogP contribution in [0.5, 0.6) is 0 Å². The standard InChI is InChI=1S/C31H30N4O5/c36-27(11-12-34-14-16-40-17-15-34)35-13-10-21-18-23(7-9-26(21)35)32-29(20-4-2-1-3-5-20)28-24-8-6-22(31(38)39)19-25(24)33-30(28)37/h1-9,18-19,28H,10-17H2,(H,33,37)(H,38,39). The fraction of sp³-hybridized carbons (Fsp3) is 0.290. The predicted octanol–water partition coefficient (Wildman–Crippen LogP) is 3.85.